The van der Waals surface area contributed by atoms with Crippen LogP contribution in [0.15, 0.2) is 24.3 Å². The van der Waals surface area contributed by atoms with Gasteiger partial charge < -0.3 is 10.1 Å². The van der Waals surface area contributed by atoms with Crippen LogP contribution in [-0.2, 0) is 20.7 Å². The summed E-state index contributed by atoms with van der Waals surface area (Å²) in [6.45, 7) is 1.67. The second-order valence-electron chi connectivity index (χ2n) is 6.98. The third-order valence-electron chi connectivity index (χ3n) is 4.78. The summed E-state index contributed by atoms with van der Waals surface area (Å²) in [6, 6.07) is 9.54. The maximum atomic E-state index is 12.1. The number of ether oxygens (including phenoxy) is 1. The number of carbonyl (C=O) groups excluding carboxylic acids is 3. The SMILES string of the molecule is CCCc1ccc(C(=O)CCC(=O)OCC(=O)NC2(C#N)CCCC2)cc1. The third-order valence-corrected chi connectivity index (χ3v) is 4.78. The number of carbonyl (C=O) groups is 3. The Morgan fingerprint density at radius 1 is 1.15 bits per heavy atom. The first kappa shape index (κ1) is 20.6. The maximum absolute atomic E-state index is 12.1. The molecular weight excluding hydrogens is 344 g/mol. The minimum Gasteiger partial charge on any atom is -0.456 e. The van der Waals surface area contributed by atoms with E-state index in [4.69, 9.17) is 4.74 Å². The maximum Gasteiger partial charge on any atom is 0.306 e. The molecule has 1 aromatic carbocycles. The molecule has 1 fully saturated rings. The van der Waals surface area contributed by atoms with Gasteiger partial charge in [0.2, 0.25) is 0 Å². The number of nitrogens with zero attached hydrogens (tertiary/aromatic N) is 1. The van der Waals surface area contributed by atoms with Crippen LogP contribution in [0.4, 0.5) is 0 Å². The van der Waals surface area contributed by atoms with E-state index < -0.39 is 24.0 Å². The highest BCUT2D eigenvalue weighted by molar-refractivity contribution is 5.97. The molecule has 0 bridgehead atoms. The summed E-state index contributed by atoms with van der Waals surface area (Å²) in [6.07, 6.45) is 5.01. The van der Waals surface area contributed by atoms with Gasteiger partial charge in [0.1, 0.15) is 5.54 Å². The summed E-state index contributed by atoms with van der Waals surface area (Å²) < 4.78 is 4.93. The van der Waals surface area contributed by atoms with Crippen molar-refractivity contribution in [3.8, 4) is 6.07 Å². The van der Waals surface area contributed by atoms with Crippen molar-refractivity contribution < 1.29 is 19.1 Å². The van der Waals surface area contributed by atoms with Gasteiger partial charge in [-0.3, -0.25) is 14.4 Å². The van der Waals surface area contributed by atoms with Crippen LogP contribution in [0.2, 0.25) is 0 Å². The highest BCUT2D eigenvalue weighted by Crippen LogP contribution is 2.28. The first-order valence-corrected chi connectivity index (χ1v) is 9.48. The third kappa shape index (κ3) is 6.21. The van der Waals surface area contributed by atoms with E-state index in [2.05, 4.69) is 18.3 Å². The molecule has 1 aliphatic rings. The van der Waals surface area contributed by atoms with E-state index in [9.17, 15) is 19.6 Å². The smallest absolute Gasteiger partial charge is 0.306 e. The van der Waals surface area contributed by atoms with Gasteiger partial charge in [-0.1, -0.05) is 37.6 Å². The fourth-order valence-corrected chi connectivity index (χ4v) is 3.27. The highest BCUT2D eigenvalue weighted by Gasteiger charge is 2.35. The molecule has 0 saturated heterocycles. The predicted octanol–water partition coefficient (Wildman–Crippen LogP) is 3.10. The molecule has 1 amide bonds. The minimum absolute atomic E-state index is 0.0374. The molecule has 0 aliphatic heterocycles. The number of esters is 1. The number of nitriles is 1. The van der Waals surface area contributed by atoms with Crippen molar-refractivity contribution in [3.63, 3.8) is 0 Å². The van der Waals surface area contributed by atoms with Crippen molar-refractivity contribution >= 4 is 17.7 Å². The van der Waals surface area contributed by atoms with Gasteiger partial charge >= 0.3 is 5.97 Å². The Morgan fingerprint density at radius 2 is 1.81 bits per heavy atom. The molecule has 1 aromatic rings. The second-order valence-corrected chi connectivity index (χ2v) is 6.98. The first-order chi connectivity index (χ1) is 13.0. The highest BCUT2D eigenvalue weighted by atomic mass is 16.5. The number of ketones is 1. The van der Waals surface area contributed by atoms with E-state index in [0.717, 1.165) is 25.7 Å². The number of nitrogens with one attached hydrogen (secondary N) is 1. The lowest BCUT2D eigenvalue weighted by atomic mass is 10.00. The molecule has 1 saturated carbocycles. The monoisotopic (exact) mass is 370 g/mol. The number of rotatable bonds is 9. The van der Waals surface area contributed by atoms with Gasteiger partial charge in [0.05, 0.1) is 12.5 Å². The summed E-state index contributed by atoms with van der Waals surface area (Å²) in [5, 5.41) is 11.9. The summed E-state index contributed by atoms with van der Waals surface area (Å²) in [7, 11) is 0. The van der Waals surface area contributed by atoms with Crippen LogP contribution in [-0.4, -0.2) is 29.8 Å². The Labute approximate surface area is 159 Å². The zero-order chi connectivity index (χ0) is 19.7. The molecule has 6 nitrogen and oxygen atoms in total. The average Bonchev–Trinajstić information content (AvgIpc) is 3.14. The molecule has 0 heterocycles. The van der Waals surface area contributed by atoms with Crippen molar-refractivity contribution in [1.29, 1.82) is 5.26 Å². The standard InChI is InChI=1S/C21H26N2O4/c1-2-5-16-6-8-17(9-7-16)18(24)10-11-20(26)27-14-19(25)23-21(15-22)12-3-4-13-21/h6-9H,2-5,10-14H2,1H3,(H,23,25). The molecule has 0 unspecified atom stereocenters. The zero-order valence-corrected chi connectivity index (χ0v) is 15.8. The summed E-state index contributed by atoms with van der Waals surface area (Å²) in [5.74, 6) is -1.21. The summed E-state index contributed by atoms with van der Waals surface area (Å²) in [4.78, 5) is 35.8. The lowest BCUT2D eigenvalue weighted by Crippen LogP contribution is -2.46. The molecule has 0 spiro atoms. The molecule has 0 atom stereocenters. The van der Waals surface area contributed by atoms with E-state index in [1.807, 2.05) is 12.1 Å². The van der Waals surface area contributed by atoms with Gasteiger partial charge in [-0.25, -0.2) is 0 Å². The number of Topliss-reactive ketones (excluding diaryl/α,β-unsaturated/α-hetero) is 1. The van der Waals surface area contributed by atoms with E-state index in [1.165, 1.54) is 5.56 Å². The molecule has 1 aliphatic carbocycles. The van der Waals surface area contributed by atoms with Crippen LogP contribution >= 0.6 is 0 Å². The number of amides is 1. The molecule has 0 radical (unpaired) electrons. The topological polar surface area (TPSA) is 96.3 Å². The van der Waals surface area contributed by atoms with Gasteiger partial charge in [0.25, 0.3) is 5.91 Å². The van der Waals surface area contributed by atoms with Crippen molar-refractivity contribution in [1.82, 2.24) is 5.32 Å². The second kappa shape index (κ2) is 9.86. The van der Waals surface area contributed by atoms with Crippen LogP contribution < -0.4 is 5.32 Å². The molecule has 2 rings (SSSR count). The Bertz CT molecular complexity index is 713. The Balaban J connectivity index is 1.71. The number of hydrogen-bond donors (Lipinski definition) is 1. The van der Waals surface area contributed by atoms with Crippen LogP contribution in [0.3, 0.4) is 0 Å². The van der Waals surface area contributed by atoms with Crippen LogP contribution in [0.25, 0.3) is 0 Å². The normalized spacial score (nSPS) is 15.0. The van der Waals surface area contributed by atoms with Gasteiger partial charge in [-0.15, -0.1) is 0 Å². The Morgan fingerprint density at radius 3 is 2.41 bits per heavy atom. The minimum atomic E-state index is -0.830. The van der Waals surface area contributed by atoms with Gasteiger partial charge in [0.15, 0.2) is 12.4 Å². The van der Waals surface area contributed by atoms with Gasteiger partial charge in [0, 0.05) is 12.0 Å². The van der Waals surface area contributed by atoms with E-state index >= 15 is 0 Å². The first-order valence-electron chi connectivity index (χ1n) is 9.48. The van der Waals surface area contributed by atoms with E-state index in [0.29, 0.717) is 18.4 Å². The average molecular weight is 370 g/mol. The molecule has 1 N–H and O–H groups in total. The number of hydrogen-bond acceptors (Lipinski definition) is 5. The van der Waals surface area contributed by atoms with Crippen molar-refractivity contribution in [2.24, 2.45) is 0 Å². The lowest BCUT2D eigenvalue weighted by molar-refractivity contribution is -0.148. The van der Waals surface area contributed by atoms with Crippen molar-refractivity contribution in [3.05, 3.63) is 35.4 Å². The lowest BCUT2D eigenvalue weighted by Gasteiger charge is -2.21. The van der Waals surface area contributed by atoms with E-state index in [-0.39, 0.29) is 18.6 Å². The van der Waals surface area contributed by atoms with Crippen LogP contribution in [0.1, 0.15) is 67.8 Å². The van der Waals surface area contributed by atoms with E-state index in [1.54, 1.807) is 12.1 Å². The van der Waals surface area contributed by atoms with Crippen molar-refractivity contribution in [2.45, 2.75) is 63.8 Å². The predicted molar refractivity (Wildman–Crippen MR) is 99.9 cm³/mol. The fraction of sp³-hybridized carbons (Fsp3) is 0.524. The zero-order valence-electron chi connectivity index (χ0n) is 15.8. The molecule has 27 heavy (non-hydrogen) atoms. The number of benzene rings is 1. The molecular formula is C21H26N2O4. The molecule has 6 heteroatoms. The van der Waals surface area contributed by atoms with Crippen LogP contribution in [0, 0.1) is 11.3 Å². The van der Waals surface area contributed by atoms with Gasteiger partial charge in [-0.2, -0.15) is 5.26 Å². The molecule has 0 aromatic heterocycles. The Hall–Kier alpha value is -2.68. The van der Waals surface area contributed by atoms with Crippen LogP contribution in [0.5, 0.6) is 0 Å². The summed E-state index contributed by atoms with van der Waals surface area (Å²) >= 11 is 0. The largest absolute Gasteiger partial charge is 0.456 e. The quantitative estimate of drug-likeness (QED) is 0.532. The fourth-order valence-electron chi connectivity index (χ4n) is 3.27. The summed E-state index contributed by atoms with van der Waals surface area (Å²) in [5.41, 5.74) is 0.915. The van der Waals surface area contributed by atoms with Crippen molar-refractivity contribution in [2.75, 3.05) is 6.61 Å². The Kier molecular flexibility index (Phi) is 7.54. The number of aryl methyl sites for hydroxylation is 1. The molecule has 144 valence electrons. The van der Waals surface area contributed by atoms with Gasteiger partial charge in [-0.05, 0) is 37.7 Å².